The molecule has 0 saturated carbocycles. The lowest BCUT2D eigenvalue weighted by atomic mass is 10.1. The predicted octanol–water partition coefficient (Wildman–Crippen LogP) is 4.45. The van der Waals surface area contributed by atoms with Gasteiger partial charge in [-0.15, -0.1) is 0 Å². The molecule has 0 atom stereocenters. The summed E-state index contributed by atoms with van der Waals surface area (Å²) in [5.41, 5.74) is 1.08. The van der Waals surface area contributed by atoms with Gasteiger partial charge >= 0.3 is 0 Å². The second-order valence-electron chi connectivity index (χ2n) is 5.32. The van der Waals surface area contributed by atoms with E-state index >= 15 is 0 Å². The molecule has 3 nitrogen and oxygen atoms in total. The first-order valence-corrected chi connectivity index (χ1v) is 7.09. The minimum atomic E-state index is 0.796. The number of anilines is 2. The van der Waals surface area contributed by atoms with Crippen molar-refractivity contribution in [3.63, 3.8) is 0 Å². The third kappa shape index (κ3) is 4.43. The van der Waals surface area contributed by atoms with Crippen LogP contribution in [0, 0.1) is 5.92 Å². The quantitative estimate of drug-likeness (QED) is 0.742. The summed E-state index contributed by atoms with van der Waals surface area (Å²) < 4.78 is 2.19. The predicted molar refractivity (Wildman–Crippen MR) is 80.6 cm³/mol. The van der Waals surface area contributed by atoms with Gasteiger partial charge in [0.25, 0.3) is 0 Å². The van der Waals surface area contributed by atoms with Crippen molar-refractivity contribution >= 4 is 11.6 Å². The Morgan fingerprint density at radius 2 is 1.95 bits per heavy atom. The fourth-order valence-corrected chi connectivity index (χ4v) is 2.10. The highest BCUT2D eigenvalue weighted by Gasteiger charge is 2.03. The molecule has 0 spiro atoms. The van der Waals surface area contributed by atoms with E-state index in [0.717, 1.165) is 24.1 Å². The summed E-state index contributed by atoms with van der Waals surface area (Å²) in [4.78, 5) is 4.38. The topological polar surface area (TPSA) is 29.9 Å². The van der Waals surface area contributed by atoms with Crippen LogP contribution in [-0.4, -0.2) is 9.55 Å². The van der Waals surface area contributed by atoms with E-state index in [1.54, 1.807) is 0 Å². The molecule has 0 fully saturated rings. The van der Waals surface area contributed by atoms with Gasteiger partial charge in [0.05, 0.1) is 0 Å². The molecular weight excluding hydrogens is 234 g/mol. The van der Waals surface area contributed by atoms with Crippen molar-refractivity contribution in [3.8, 4) is 0 Å². The molecule has 0 amide bonds. The van der Waals surface area contributed by atoms with E-state index < -0.39 is 0 Å². The number of imidazole rings is 1. The number of aromatic nitrogens is 2. The van der Waals surface area contributed by atoms with Crippen LogP contribution in [0.15, 0.2) is 42.7 Å². The first-order valence-electron chi connectivity index (χ1n) is 7.09. The summed E-state index contributed by atoms with van der Waals surface area (Å²) in [7, 11) is 0. The Morgan fingerprint density at radius 1 is 1.16 bits per heavy atom. The number of nitrogens with zero attached hydrogens (tertiary/aromatic N) is 2. The molecule has 2 aromatic rings. The van der Waals surface area contributed by atoms with E-state index in [9.17, 15) is 0 Å². The Hall–Kier alpha value is -1.77. The smallest absolute Gasteiger partial charge is 0.207 e. The van der Waals surface area contributed by atoms with Crippen LogP contribution in [0.5, 0.6) is 0 Å². The summed E-state index contributed by atoms with van der Waals surface area (Å²) in [6, 6.07) is 10.2. The van der Waals surface area contributed by atoms with Gasteiger partial charge in [0.1, 0.15) is 0 Å². The zero-order chi connectivity index (χ0) is 13.5. The Balaban J connectivity index is 1.87. The van der Waals surface area contributed by atoms with Crippen LogP contribution in [0.1, 0.15) is 33.1 Å². The van der Waals surface area contributed by atoms with E-state index in [-0.39, 0.29) is 0 Å². The van der Waals surface area contributed by atoms with Crippen molar-refractivity contribution in [3.05, 3.63) is 42.7 Å². The van der Waals surface area contributed by atoms with Crippen LogP contribution in [0.3, 0.4) is 0 Å². The van der Waals surface area contributed by atoms with Crippen molar-refractivity contribution in [1.82, 2.24) is 9.55 Å². The molecule has 0 radical (unpaired) electrons. The molecule has 2 rings (SSSR count). The first-order chi connectivity index (χ1) is 9.25. The van der Waals surface area contributed by atoms with Gasteiger partial charge in [0.2, 0.25) is 5.95 Å². The number of rotatable bonds is 7. The third-order valence-corrected chi connectivity index (χ3v) is 3.18. The average molecular weight is 257 g/mol. The van der Waals surface area contributed by atoms with Gasteiger partial charge in [0.15, 0.2) is 0 Å². The molecule has 0 aliphatic heterocycles. The number of aryl methyl sites for hydroxylation is 1. The maximum absolute atomic E-state index is 4.38. The number of para-hydroxylation sites is 1. The summed E-state index contributed by atoms with van der Waals surface area (Å²) in [5.74, 6) is 1.72. The van der Waals surface area contributed by atoms with Crippen molar-refractivity contribution in [2.24, 2.45) is 5.92 Å². The average Bonchev–Trinajstić information content (AvgIpc) is 2.83. The van der Waals surface area contributed by atoms with E-state index in [0.29, 0.717) is 0 Å². The highest BCUT2D eigenvalue weighted by atomic mass is 15.2. The van der Waals surface area contributed by atoms with Crippen molar-refractivity contribution in [1.29, 1.82) is 0 Å². The van der Waals surface area contributed by atoms with Crippen LogP contribution in [0.2, 0.25) is 0 Å². The number of nitrogens with one attached hydrogen (secondary N) is 1. The van der Waals surface area contributed by atoms with Crippen molar-refractivity contribution in [2.45, 2.75) is 39.7 Å². The van der Waals surface area contributed by atoms with Crippen LogP contribution in [-0.2, 0) is 6.54 Å². The maximum Gasteiger partial charge on any atom is 0.207 e. The van der Waals surface area contributed by atoms with Gasteiger partial charge in [-0.25, -0.2) is 4.98 Å². The molecule has 0 aliphatic carbocycles. The van der Waals surface area contributed by atoms with Crippen LogP contribution in [0.4, 0.5) is 11.6 Å². The largest absolute Gasteiger partial charge is 0.326 e. The number of unbranched alkanes of at least 4 members (excludes halogenated alkanes) is 1. The number of hydrogen-bond acceptors (Lipinski definition) is 2. The second kappa shape index (κ2) is 6.98. The molecule has 1 aromatic heterocycles. The molecule has 0 unspecified atom stereocenters. The molecule has 1 N–H and O–H groups in total. The van der Waals surface area contributed by atoms with Gasteiger partial charge < -0.3 is 9.88 Å². The Kier molecular flexibility index (Phi) is 5.01. The van der Waals surface area contributed by atoms with Crippen LogP contribution in [0.25, 0.3) is 0 Å². The first kappa shape index (κ1) is 13.7. The SMILES string of the molecule is CC(C)CCCCn1ccnc1Nc1ccccc1. The molecular formula is C16H23N3. The van der Waals surface area contributed by atoms with E-state index in [1.165, 1.54) is 19.3 Å². The summed E-state index contributed by atoms with van der Waals surface area (Å²) in [5, 5.41) is 3.35. The maximum atomic E-state index is 4.38. The zero-order valence-corrected chi connectivity index (χ0v) is 11.8. The monoisotopic (exact) mass is 257 g/mol. The van der Waals surface area contributed by atoms with Gasteiger partial charge in [-0.3, -0.25) is 0 Å². The lowest BCUT2D eigenvalue weighted by molar-refractivity contribution is 0.511. The lowest BCUT2D eigenvalue weighted by Crippen LogP contribution is -2.03. The van der Waals surface area contributed by atoms with Crippen molar-refractivity contribution < 1.29 is 0 Å². The molecule has 0 aliphatic rings. The Morgan fingerprint density at radius 3 is 2.68 bits per heavy atom. The third-order valence-electron chi connectivity index (χ3n) is 3.18. The molecule has 102 valence electrons. The fourth-order valence-electron chi connectivity index (χ4n) is 2.10. The number of benzene rings is 1. The molecule has 1 heterocycles. The van der Waals surface area contributed by atoms with E-state index in [2.05, 4.69) is 40.8 Å². The van der Waals surface area contributed by atoms with Gasteiger partial charge in [-0.2, -0.15) is 0 Å². The Labute approximate surface area is 115 Å². The minimum absolute atomic E-state index is 0.796. The molecule has 0 bridgehead atoms. The Bertz CT molecular complexity index is 474. The van der Waals surface area contributed by atoms with Gasteiger partial charge in [-0.05, 0) is 24.5 Å². The molecule has 3 heteroatoms. The van der Waals surface area contributed by atoms with E-state index in [1.807, 2.05) is 30.6 Å². The lowest BCUT2D eigenvalue weighted by Gasteiger charge is -2.10. The van der Waals surface area contributed by atoms with E-state index in [4.69, 9.17) is 0 Å². The normalized spacial score (nSPS) is 10.9. The highest BCUT2D eigenvalue weighted by Crippen LogP contribution is 2.15. The van der Waals surface area contributed by atoms with Gasteiger partial charge in [0, 0.05) is 24.6 Å². The fraction of sp³-hybridized carbons (Fsp3) is 0.438. The number of hydrogen-bond donors (Lipinski definition) is 1. The summed E-state index contributed by atoms with van der Waals surface area (Å²) in [6.07, 6.45) is 7.68. The molecule has 0 saturated heterocycles. The zero-order valence-electron chi connectivity index (χ0n) is 11.8. The minimum Gasteiger partial charge on any atom is -0.326 e. The molecule has 1 aromatic carbocycles. The molecule has 19 heavy (non-hydrogen) atoms. The summed E-state index contributed by atoms with van der Waals surface area (Å²) in [6.45, 7) is 5.58. The second-order valence-corrected chi connectivity index (χ2v) is 5.32. The summed E-state index contributed by atoms with van der Waals surface area (Å²) >= 11 is 0. The van der Waals surface area contributed by atoms with Crippen molar-refractivity contribution in [2.75, 3.05) is 5.32 Å². The van der Waals surface area contributed by atoms with Crippen LogP contribution >= 0.6 is 0 Å². The standard InChI is InChI=1S/C16H23N3/c1-14(2)8-6-7-12-19-13-11-17-16(19)18-15-9-4-3-5-10-15/h3-5,9-11,13-14H,6-8,12H2,1-2H3,(H,17,18). The van der Waals surface area contributed by atoms with Crippen LogP contribution < -0.4 is 5.32 Å². The highest BCUT2D eigenvalue weighted by molar-refractivity contribution is 5.52. The van der Waals surface area contributed by atoms with Gasteiger partial charge in [-0.1, -0.05) is 44.9 Å².